The second-order valence-corrected chi connectivity index (χ2v) is 6.31. The third kappa shape index (κ3) is 4.50. The highest BCUT2D eigenvalue weighted by Crippen LogP contribution is 2.27. The molecule has 2 amide bonds. The number of nitrogens with zero attached hydrogens (tertiary/aromatic N) is 1. The highest BCUT2D eigenvalue weighted by atomic mass is 35.5. The van der Waals surface area contributed by atoms with E-state index in [2.05, 4.69) is 29.4 Å². The second kappa shape index (κ2) is 7.86. The summed E-state index contributed by atoms with van der Waals surface area (Å²) in [6.45, 7) is 5.83. The van der Waals surface area contributed by atoms with Crippen LogP contribution in [0, 0.1) is 0 Å². The molecule has 0 bridgehead atoms. The molecule has 2 N–H and O–H groups in total. The molecule has 1 aromatic rings. The molecule has 1 aromatic carbocycles. The largest absolute Gasteiger partial charge is 0.495 e. The number of anilines is 1. The fourth-order valence-corrected chi connectivity index (χ4v) is 2.88. The van der Waals surface area contributed by atoms with Gasteiger partial charge in [0, 0.05) is 31.3 Å². The predicted molar refractivity (Wildman–Crippen MR) is 91.5 cm³/mol. The highest BCUT2D eigenvalue weighted by molar-refractivity contribution is 6.31. The number of ether oxygens (including phenoxy) is 2. The Labute approximate surface area is 142 Å². The third-order valence-electron chi connectivity index (χ3n) is 4.05. The monoisotopic (exact) mass is 341 g/mol. The van der Waals surface area contributed by atoms with E-state index in [1.807, 2.05) is 0 Å². The lowest BCUT2D eigenvalue weighted by molar-refractivity contribution is 0.0896. The first kappa shape index (κ1) is 17.8. The van der Waals surface area contributed by atoms with Crippen LogP contribution in [0.2, 0.25) is 5.02 Å². The number of hydrogen-bond acceptors (Lipinski definition) is 4. The van der Waals surface area contributed by atoms with Gasteiger partial charge in [0.2, 0.25) is 0 Å². The van der Waals surface area contributed by atoms with Gasteiger partial charge in [0.25, 0.3) is 0 Å². The summed E-state index contributed by atoms with van der Waals surface area (Å²) in [5.74, 6) is 0.558. The Balaban J connectivity index is 2.00. The number of hydrogen-bond donors (Lipinski definition) is 2. The average Bonchev–Trinajstić information content (AvgIpc) is 2.90. The maximum absolute atomic E-state index is 12.3. The van der Waals surface area contributed by atoms with Crippen LogP contribution >= 0.6 is 11.6 Å². The number of rotatable bonds is 5. The molecule has 2 rings (SSSR count). The van der Waals surface area contributed by atoms with Crippen LogP contribution in [0.25, 0.3) is 0 Å². The Morgan fingerprint density at radius 1 is 1.35 bits per heavy atom. The van der Waals surface area contributed by atoms with Gasteiger partial charge in [0.15, 0.2) is 0 Å². The summed E-state index contributed by atoms with van der Waals surface area (Å²) in [7, 11) is 3.21. The minimum atomic E-state index is -0.303. The Morgan fingerprint density at radius 2 is 2.09 bits per heavy atom. The topological polar surface area (TPSA) is 62.8 Å². The Hall–Kier alpha value is -1.50. The first-order valence-electron chi connectivity index (χ1n) is 7.62. The van der Waals surface area contributed by atoms with Crippen molar-refractivity contribution in [1.29, 1.82) is 0 Å². The van der Waals surface area contributed by atoms with Crippen LogP contribution < -0.4 is 15.4 Å². The summed E-state index contributed by atoms with van der Waals surface area (Å²) in [6, 6.07) is 5.13. The zero-order valence-corrected chi connectivity index (χ0v) is 14.7. The summed E-state index contributed by atoms with van der Waals surface area (Å²) in [6.07, 6.45) is -0.0237. The number of urea groups is 1. The number of methoxy groups -OCH3 is 2. The van der Waals surface area contributed by atoms with Crippen LogP contribution in [-0.2, 0) is 4.74 Å². The molecule has 0 aromatic heterocycles. The summed E-state index contributed by atoms with van der Waals surface area (Å²) >= 11 is 5.97. The molecule has 128 valence electrons. The molecule has 0 aliphatic carbocycles. The zero-order valence-electron chi connectivity index (χ0n) is 13.9. The summed E-state index contributed by atoms with van der Waals surface area (Å²) < 4.78 is 10.7. The molecule has 1 aliphatic rings. The van der Waals surface area contributed by atoms with E-state index in [-0.39, 0.29) is 18.2 Å². The molecule has 1 fully saturated rings. The van der Waals surface area contributed by atoms with Gasteiger partial charge < -0.3 is 20.1 Å². The van der Waals surface area contributed by atoms with Gasteiger partial charge >= 0.3 is 6.03 Å². The van der Waals surface area contributed by atoms with Crippen LogP contribution in [0.1, 0.15) is 13.8 Å². The third-order valence-corrected chi connectivity index (χ3v) is 4.29. The summed E-state index contributed by atoms with van der Waals surface area (Å²) in [4.78, 5) is 14.6. The zero-order chi connectivity index (χ0) is 17.0. The van der Waals surface area contributed by atoms with Gasteiger partial charge in [-0.3, -0.25) is 4.90 Å². The van der Waals surface area contributed by atoms with Gasteiger partial charge in [0.1, 0.15) is 5.75 Å². The molecule has 2 unspecified atom stereocenters. The van der Waals surface area contributed by atoms with E-state index in [0.29, 0.717) is 22.5 Å². The van der Waals surface area contributed by atoms with Gasteiger partial charge in [-0.1, -0.05) is 11.6 Å². The van der Waals surface area contributed by atoms with E-state index in [1.54, 1.807) is 32.4 Å². The summed E-state index contributed by atoms with van der Waals surface area (Å²) in [5, 5.41) is 6.28. The van der Waals surface area contributed by atoms with Gasteiger partial charge in [-0.25, -0.2) is 4.79 Å². The molecular formula is C16H24ClN3O3. The lowest BCUT2D eigenvalue weighted by atomic mass is 10.2. The van der Waals surface area contributed by atoms with Crippen molar-refractivity contribution in [2.75, 3.05) is 32.6 Å². The van der Waals surface area contributed by atoms with Gasteiger partial charge in [-0.05, 0) is 32.0 Å². The average molecular weight is 342 g/mol. The summed E-state index contributed by atoms with van der Waals surface area (Å²) in [5.41, 5.74) is 0.533. The Bertz CT molecular complexity index is 553. The van der Waals surface area contributed by atoms with Gasteiger partial charge in [0.05, 0.1) is 24.9 Å². The van der Waals surface area contributed by atoms with Gasteiger partial charge in [-0.15, -0.1) is 0 Å². The van der Waals surface area contributed by atoms with Crippen LogP contribution in [-0.4, -0.2) is 56.4 Å². The minimum absolute atomic E-state index is 0.0237. The number of likely N-dealkylation sites (tertiary alicyclic amines) is 1. The van der Waals surface area contributed by atoms with E-state index in [9.17, 15) is 4.79 Å². The molecule has 6 nitrogen and oxygen atoms in total. The van der Waals surface area contributed by atoms with E-state index < -0.39 is 0 Å². The van der Waals surface area contributed by atoms with Crippen LogP contribution in [0.4, 0.5) is 10.5 Å². The van der Waals surface area contributed by atoms with E-state index in [1.165, 1.54) is 0 Å². The lowest BCUT2D eigenvalue weighted by Gasteiger charge is -2.20. The molecule has 0 radical (unpaired) electrons. The molecule has 2 atom stereocenters. The highest BCUT2D eigenvalue weighted by Gasteiger charge is 2.35. The minimum Gasteiger partial charge on any atom is -0.495 e. The van der Waals surface area contributed by atoms with Crippen molar-refractivity contribution in [2.24, 2.45) is 0 Å². The van der Waals surface area contributed by atoms with Crippen molar-refractivity contribution in [3.63, 3.8) is 0 Å². The molecule has 0 saturated carbocycles. The van der Waals surface area contributed by atoms with Crippen molar-refractivity contribution < 1.29 is 14.3 Å². The molecule has 1 aliphatic heterocycles. The van der Waals surface area contributed by atoms with Crippen molar-refractivity contribution in [3.05, 3.63) is 23.2 Å². The smallest absolute Gasteiger partial charge is 0.319 e. The maximum atomic E-state index is 12.3. The second-order valence-electron chi connectivity index (χ2n) is 5.87. The fourth-order valence-electron chi connectivity index (χ4n) is 2.71. The standard InChI is InChI=1S/C16H24ClN3O3/c1-10(2)20-8-13(15(9-20)23-4)19-16(21)18-12-7-11(17)5-6-14(12)22-3/h5-7,10,13,15H,8-9H2,1-4H3,(H2,18,19,21). The first-order chi connectivity index (χ1) is 10.9. The number of amides is 2. The number of carbonyl (C=O) groups excluding carboxylic acids is 1. The van der Waals surface area contributed by atoms with Crippen molar-refractivity contribution >= 4 is 23.3 Å². The van der Waals surface area contributed by atoms with Crippen LogP contribution in [0.3, 0.4) is 0 Å². The Kier molecular flexibility index (Phi) is 6.10. The number of nitrogens with one attached hydrogen (secondary N) is 2. The number of carbonyl (C=O) groups is 1. The molecule has 1 saturated heterocycles. The molecule has 0 spiro atoms. The van der Waals surface area contributed by atoms with Crippen LogP contribution in [0.15, 0.2) is 18.2 Å². The predicted octanol–water partition coefficient (Wildman–Crippen LogP) is 2.58. The SMILES string of the molecule is COc1ccc(Cl)cc1NC(=O)NC1CN(C(C)C)CC1OC. The van der Waals surface area contributed by atoms with Crippen molar-refractivity contribution in [1.82, 2.24) is 10.2 Å². The first-order valence-corrected chi connectivity index (χ1v) is 8.00. The molecular weight excluding hydrogens is 318 g/mol. The Morgan fingerprint density at radius 3 is 2.70 bits per heavy atom. The lowest BCUT2D eigenvalue weighted by Crippen LogP contribution is -2.45. The fraction of sp³-hybridized carbons (Fsp3) is 0.562. The van der Waals surface area contributed by atoms with E-state index >= 15 is 0 Å². The van der Waals surface area contributed by atoms with Gasteiger partial charge in [-0.2, -0.15) is 0 Å². The maximum Gasteiger partial charge on any atom is 0.319 e. The number of benzene rings is 1. The molecule has 1 heterocycles. The van der Waals surface area contributed by atoms with E-state index in [4.69, 9.17) is 21.1 Å². The van der Waals surface area contributed by atoms with Crippen LogP contribution in [0.5, 0.6) is 5.75 Å². The molecule has 7 heteroatoms. The normalized spacial score (nSPS) is 21.5. The van der Waals surface area contributed by atoms with Crippen molar-refractivity contribution in [2.45, 2.75) is 32.0 Å². The van der Waals surface area contributed by atoms with Crippen molar-refractivity contribution in [3.8, 4) is 5.75 Å². The number of halogens is 1. The van der Waals surface area contributed by atoms with E-state index in [0.717, 1.165) is 13.1 Å². The molecule has 23 heavy (non-hydrogen) atoms. The quantitative estimate of drug-likeness (QED) is 0.864.